The van der Waals surface area contributed by atoms with Crippen LogP contribution in [0.25, 0.3) is 0 Å². The third-order valence-corrected chi connectivity index (χ3v) is 3.26. The van der Waals surface area contributed by atoms with Crippen molar-refractivity contribution in [1.29, 1.82) is 0 Å². The molecule has 0 aliphatic heterocycles. The number of ether oxygens (including phenoxy) is 1. The molecule has 0 amide bonds. The van der Waals surface area contributed by atoms with Crippen molar-refractivity contribution < 1.29 is 14.6 Å². The molecule has 1 aromatic carbocycles. The van der Waals surface area contributed by atoms with Gasteiger partial charge < -0.3 is 15.6 Å². The zero-order valence-electron chi connectivity index (χ0n) is 12.2. The minimum Gasteiger partial charge on any atom is -0.479 e. The minimum absolute atomic E-state index is 0.491. The van der Waals surface area contributed by atoms with Gasteiger partial charge in [-0.25, -0.2) is 4.79 Å². The van der Waals surface area contributed by atoms with Gasteiger partial charge in [-0.05, 0) is 51.1 Å². The van der Waals surface area contributed by atoms with Crippen LogP contribution in [0.15, 0.2) is 24.3 Å². The largest absolute Gasteiger partial charge is 0.479 e. The molecule has 0 fully saturated rings. The number of hydrogen-bond acceptors (Lipinski definition) is 3. The van der Waals surface area contributed by atoms with Crippen LogP contribution in [0.1, 0.15) is 36.8 Å². The summed E-state index contributed by atoms with van der Waals surface area (Å²) >= 11 is 0. The molecule has 1 rings (SSSR count). The van der Waals surface area contributed by atoms with Gasteiger partial charge in [0.15, 0.2) is 6.10 Å². The first-order chi connectivity index (χ1) is 9.63. The molecule has 4 nitrogen and oxygen atoms in total. The second kappa shape index (κ2) is 9.50. The van der Waals surface area contributed by atoms with E-state index >= 15 is 0 Å². The molecule has 3 N–H and O–H groups in total. The van der Waals surface area contributed by atoms with E-state index in [0.29, 0.717) is 19.6 Å². The van der Waals surface area contributed by atoms with E-state index in [4.69, 9.17) is 15.6 Å². The summed E-state index contributed by atoms with van der Waals surface area (Å²) in [5.74, 6) is -0.879. The zero-order valence-corrected chi connectivity index (χ0v) is 12.2. The molecule has 1 unspecified atom stereocenters. The molecule has 0 saturated heterocycles. The number of nitrogens with two attached hydrogens (primary N) is 1. The average Bonchev–Trinajstić information content (AvgIpc) is 2.43. The summed E-state index contributed by atoms with van der Waals surface area (Å²) in [6.07, 6.45) is 3.33. The Morgan fingerprint density at radius 1 is 1.25 bits per heavy atom. The Balaban J connectivity index is 2.31. The molecule has 0 aromatic heterocycles. The maximum absolute atomic E-state index is 11.1. The van der Waals surface area contributed by atoms with Crippen LogP contribution in [-0.4, -0.2) is 30.3 Å². The van der Waals surface area contributed by atoms with Gasteiger partial charge in [0.1, 0.15) is 0 Å². The van der Waals surface area contributed by atoms with E-state index in [1.165, 1.54) is 5.56 Å². The predicted molar refractivity (Wildman–Crippen MR) is 79.8 cm³/mol. The Morgan fingerprint density at radius 2 is 1.95 bits per heavy atom. The van der Waals surface area contributed by atoms with Crippen LogP contribution in [0, 0.1) is 6.92 Å². The van der Waals surface area contributed by atoms with Crippen molar-refractivity contribution in [3.8, 4) is 0 Å². The van der Waals surface area contributed by atoms with E-state index in [9.17, 15) is 4.79 Å². The number of rotatable bonds is 10. The molecular weight excluding hydrogens is 254 g/mol. The Bertz CT molecular complexity index is 389. The van der Waals surface area contributed by atoms with Gasteiger partial charge in [0, 0.05) is 6.61 Å². The van der Waals surface area contributed by atoms with Crippen LogP contribution in [-0.2, 0) is 16.0 Å². The van der Waals surface area contributed by atoms with Crippen molar-refractivity contribution >= 4 is 5.97 Å². The average molecular weight is 279 g/mol. The van der Waals surface area contributed by atoms with Gasteiger partial charge >= 0.3 is 5.97 Å². The van der Waals surface area contributed by atoms with E-state index in [-0.39, 0.29) is 0 Å². The zero-order chi connectivity index (χ0) is 14.8. The molecule has 1 atom stereocenters. The Morgan fingerprint density at radius 3 is 2.55 bits per heavy atom. The molecule has 0 aliphatic carbocycles. The minimum atomic E-state index is -0.879. The van der Waals surface area contributed by atoms with Crippen LogP contribution in [0.3, 0.4) is 0 Å². The summed E-state index contributed by atoms with van der Waals surface area (Å²) in [4.78, 5) is 11.1. The Labute approximate surface area is 120 Å². The maximum Gasteiger partial charge on any atom is 0.332 e. The Hall–Kier alpha value is -1.39. The number of aryl methyl sites for hydroxylation is 2. The molecule has 1 aromatic rings. The first-order valence-electron chi connectivity index (χ1n) is 7.23. The van der Waals surface area contributed by atoms with E-state index in [0.717, 1.165) is 31.2 Å². The number of hydrogen-bond donors (Lipinski definition) is 2. The van der Waals surface area contributed by atoms with Gasteiger partial charge in [-0.2, -0.15) is 0 Å². The molecule has 0 heterocycles. The fourth-order valence-corrected chi connectivity index (χ4v) is 1.98. The monoisotopic (exact) mass is 279 g/mol. The Kier molecular flexibility index (Phi) is 7.92. The van der Waals surface area contributed by atoms with Crippen LogP contribution in [0.2, 0.25) is 0 Å². The number of unbranched alkanes of at least 4 members (excludes halogenated alkanes) is 2. The van der Waals surface area contributed by atoms with Crippen molar-refractivity contribution in [2.24, 2.45) is 5.73 Å². The molecule has 0 aliphatic rings. The predicted octanol–water partition coefficient (Wildman–Crippen LogP) is 2.53. The lowest BCUT2D eigenvalue weighted by molar-refractivity contribution is -0.150. The third kappa shape index (κ3) is 6.68. The highest BCUT2D eigenvalue weighted by Gasteiger charge is 2.17. The van der Waals surface area contributed by atoms with Crippen molar-refractivity contribution in [2.75, 3.05) is 13.2 Å². The number of aliphatic carboxylic acids is 1. The van der Waals surface area contributed by atoms with Gasteiger partial charge in [-0.1, -0.05) is 29.8 Å². The molecule has 4 heteroatoms. The fourth-order valence-electron chi connectivity index (χ4n) is 1.98. The second-order valence-corrected chi connectivity index (χ2v) is 5.07. The lowest BCUT2D eigenvalue weighted by atomic mass is 10.1. The van der Waals surface area contributed by atoms with Crippen LogP contribution in [0.4, 0.5) is 0 Å². The topological polar surface area (TPSA) is 72.5 Å². The highest BCUT2D eigenvalue weighted by Crippen LogP contribution is 2.10. The first kappa shape index (κ1) is 16.7. The van der Waals surface area contributed by atoms with Crippen molar-refractivity contribution in [3.63, 3.8) is 0 Å². The molecule has 0 radical (unpaired) electrons. The van der Waals surface area contributed by atoms with Gasteiger partial charge in [0.05, 0.1) is 0 Å². The third-order valence-electron chi connectivity index (χ3n) is 3.26. The lowest BCUT2D eigenvalue weighted by Gasteiger charge is -2.13. The number of carboxylic acids is 1. The van der Waals surface area contributed by atoms with Gasteiger partial charge in [-0.15, -0.1) is 0 Å². The van der Waals surface area contributed by atoms with E-state index < -0.39 is 12.1 Å². The maximum atomic E-state index is 11.1. The standard InChI is InChI=1S/C16H25NO3/c1-13-5-7-14(8-6-13)9-10-15(16(18)19)20-12-4-2-3-11-17/h5-8,15H,2-4,9-12,17H2,1H3,(H,18,19). The molecule has 112 valence electrons. The van der Waals surface area contributed by atoms with Crippen LogP contribution < -0.4 is 5.73 Å². The van der Waals surface area contributed by atoms with Crippen molar-refractivity contribution in [2.45, 2.75) is 45.1 Å². The summed E-state index contributed by atoms with van der Waals surface area (Å²) in [5.41, 5.74) is 7.76. The van der Waals surface area contributed by atoms with Gasteiger partial charge in [0.2, 0.25) is 0 Å². The quantitative estimate of drug-likeness (QED) is 0.646. The smallest absolute Gasteiger partial charge is 0.332 e. The SMILES string of the molecule is Cc1ccc(CCC(OCCCCCN)C(=O)O)cc1. The number of benzene rings is 1. The second-order valence-electron chi connectivity index (χ2n) is 5.07. The summed E-state index contributed by atoms with van der Waals surface area (Å²) in [7, 11) is 0. The summed E-state index contributed by atoms with van der Waals surface area (Å²) in [6.45, 7) is 3.20. The van der Waals surface area contributed by atoms with Crippen molar-refractivity contribution in [1.82, 2.24) is 0 Å². The lowest BCUT2D eigenvalue weighted by Crippen LogP contribution is -2.25. The van der Waals surface area contributed by atoms with Crippen LogP contribution >= 0.6 is 0 Å². The normalized spacial score (nSPS) is 12.3. The number of carbonyl (C=O) groups is 1. The molecule has 0 saturated carbocycles. The first-order valence-corrected chi connectivity index (χ1v) is 7.23. The molecule has 20 heavy (non-hydrogen) atoms. The van der Waals surface area contributed by atoms with Gasteiger partial charge in [-0.3, -0.25) is 0 Å². The van der Waals surface area contributed by atoms with Crippen LogP contribution in [0.5, 0.6) is 0 Å². The molecule has 0 spiro atoms. The van der Waals surface area contributed by atoms with E-state index in [1.54, 1.807) is 0 Å². The number of carboxylic acid groups (broad SMARTS) is 1. The van der Waals surface area contributed by atoms with Gasteiger partial charge in [0.25, 0.3) is 0 Å². The summed E-state index contributed by atoms with van der Waals surface area (Å²) in [6, 6.07) is 8.16. The van der Waals surface area contributed by atoms with E-state index in [2.05, 4.69) is 0 Å². The highest BCUT2D eigenvalue weighted by molar-refractivity contribution is 5.72. The van der Waals surface area contributed by atoms with E-state index in [1.807, 2.05) is 31.2 Å². The highest BCUT2D eigenvalue weighted by atomic mass is 16.5. The van der Waals surface area contributed by atoms with Crippen molar-refractivity contribution in [3.05, 3.63) is 35.4 Å². The fraction of sp³-hybridized carbons (Fsp3) is 0.562. The molecule has 0 bridgehead atoms. The summed E-state index contributed by atoms with van der Waals surface area (Å²) in [5, 5.41) is 9.15. The molecular formula is C16H25NO3. The summed E-state index contributed by atoms with van der Waals surface area (Å²) < 4.78 is 5.46.